The van der Waals surface area contributed by atoms with E-state index in [0.29, 0.717) is 35.8 Å². The van der Waals surface area contributed by atoms with Crippen LogP contribution in [-0.2, 0) is 14.3 Å². The molecule has 2 amide bonds. The van der Waals surface area contributed by atoms with E-state index in [4.69, 9.17) is 14.2 Å². The number of methoxy groups -OCH3 is 1. The van der Waals surface area contributed by atoms with Crippen LogP contribution in [0.5, 0.6) is 5.75 Å². The predicted molar refractivity (Wildman–Crippen MR) is 87.6 cm³/mol. The van der Waals surface area contributed by atoms with Gasteiger partial charge >= 0.3 is 12.0 Å². The second kappa shape index (κ2) is 8.35. The van der Waals surface area contributed by atoms with E-state index in [-0.39, 0.29) is 12.6 Å². The molecule has 0 fully saturated rings. The summed E-state index contributed by atoms with van der Waals surface area (Å²) in [5.74, 6) is 0.0766. The number of para-hydroxylation sites is 1. The first-order valence-electron chi connectivity index (χ1n) is 7.74. The van der Waals surface area contributed by atoms with Crippen molar-refractivity contribution >= 4 is 12.0 Å². The van der Waals surface area contributed by atoms with Crippen molar-refractivity contribution in [3.05, 3.63) is 41.1 Å². The quantitative estimate of drug-likeness (QED) is 0.587. The number of benzene rings is 1. The van der Waals surface area contributed by atoms with Crippen LogP contribution in [0.3, 0.4) is 0 Å². The second-order valence-corrected chi connectivity index (χ2v) is 5.14. The Kier molecular flexibility index (Phi) is 6.20. The van der Waals surface area contributed by atoms with E-state index in [1.165, 1.54) is 0 Å². The minimum Gasteiger partial charge on any atom is -0.496 e. The molecular weight excluding hydrogens is 312 g/mol. The molecule has 0 saturated carbocycles. The molecule has 0 saturated heterocycles. The molecule has 0 unspecified atom stereocenters. The Labute approximate surface area is 141 Å². The van der Waals surface area contributed by atoms with Crippen molar-refractivity contribution in [1.29, 1.82) is 0 Å². The molecule has 130 valence electrons. The average Bonchev–Trinajstić information content (AvgIpc) is 2.57. The van der Waals surface area contributed by atoms with E-state index in [1.54, 1.807) is 26.2 Å². The Hall–Kier alpha value is -2.54. The zero-order chi connectivity index (χ0) is 17.5. The van der Waals surface area contributed by atoms with Gasteiger partial charge in [-0.2, -0.15) is 0 Å². The Bertz CT molecular complexity index is 642. The molecule has 0 aliphatic carbocycles. The number of hydrogen-bond acceptors (Lipinski definition) is 5. The molecular formula is C17H22N2O5. The third-order valence-electron chi connectivity index (χ3n) is 3.60. The van der Waals surface area contributed by atoms with Gasteiger partial charge in [0, 0.05) is 17.9 Å². The monoisotopic (exact) mass is 334 g/mol. The largest absolute Gasteiger partial charge is 0.496 e. The highest BCUT2D eigenvalue weighted by Crippen LogP contribution is 2.33. The highest BCUT2D eigenvalue weighted by atomic mass is 16.6. The fraction of sp³-hybridized carbons (Fsp3) is 0.412. The number of ether oxygens (including phenoxy) is 3. The number of urea groups is 1. The molecule has 1 aliphatic heterocycles. The van der Waals surface area contributed by atoms with Crippen molar-refractivity contribution in [2.75, 3.05) is 26.9 Å². The van der Waals surface area contributed by atoms with Crippen LogP contribution in [-0.4, -0.2) is 38.9 Å². The number of allylic oxidation sites excluding steroid dienone is 1. The van der Waals surface area contributed by atoms with Crippen molar-refractivity contribution in [2.45, 2.75) is 19.9 Å². The second-order valence-electron chi connectivity index (χ2n) is 5.14. The van der Waals surface area contributed by atoms with E-state index in [2.05, 4.69) is 10.6 Å². The van der Waals surface area contributed by atoms with E-state index in [0.717, 1.165) is 0 Å². The molecule has 1 heterocycles. The first-order chi connectivity index (χ1) is 11.6. The minimum atomic E-state index is -0.644. The van der Waals surface area contributed by atoms with Gasteiger partial charge in [-0.1, -0.05) is 18.2 Å². The predicted octanol–water partition coefficient (Wildman–Crippen LogP) is 1.90. The molecule has 2 N–H and O–H groups in total. The van der Waals surface area contributed by atoms with Gasteiger partial charge < -0.3 is 24.8 Å². The summed E-state index contributed by atoms with van der Waals surface area (Å²) in [4.78, 5) is 24.3. The van der Waals surface area contributed by atoms with Crippen LogP contribution in [0.4, 0.5) is 4.79 Å². The number of carbonyl (C=O) groups excluding carboxylic acids is 2. The van der Waals surface area contributed by atoms with Gasteiger partial charge in [0.2, 0.25) is 0 Å². The van der Waals surface area contributed by atoms with Gasteiger partial charge in [-0.25, -0.2) is 9.59 Å². The Balaban J connectivity index is 2.28. The third-order valence-corrected chi connectivity index (χ3v) is 3.60. The number of hydrogen-bond donors (Lipinski definition) is 2. The van der Waals surface area contributed by atoms with Gasteiger partial charge in [0.25, 0.3) is 0 Å². The van der Waals surface area contributed by atoms with E-state index >= 15 is 0 Å². The minimum absolute atomic E-state index is 0.149. The van der Waals surface area contributed by atoms with E-state index in [1.807, 2.05) is 19.1 Å². The standard InChI is InChI=1S/C17H22N2O5/c1-4-23-9-10-24-16(20)14-11(2)18-17(21)19-15(14)12-7-5-6-8-13(12)22-3/h5-8,15H,4,9-10H2,1-3H3,(H2,18,19,21)/t15-/m1/s1. The zero-order valence-electron chi connectivity index (χ0n) is 14.0. The van der Waals surface area contributed by atoms with Gasteiger partial charge in [0.1, 0.15) is 12.4 Å². The van der Waals surface area contributed by atoms with Crippen molar-refractivity contribution in [3.63, 3.8) is 0 Å². The van der Waals surface area contributed by atoms with Crippen LogP contribution in [0, 0.1) is 0 Å². The lowest BCUT2D eigenvalue weighted by Gasteiger charge is -2.29. The van der Waals surface area contributed by atoms with Crippen LogP contribution in [0.25, 0.3) is 0 Å². The van der Waals surface area contributed by atoms with Crippen LogP contribution in [0.1, 0.15) is 25.5 Å². The summed E-state index contributed by atoms with van der Waals surface area (Å²) < 4.78 is 15.8. The summed E-state index contributed by atoms with van der Waals surface area (Å²) in [6, 6.07) is 6.19. The molecule has 0 aromatic heterocycles. The van der Waals surface area contributed by atoms with Crippen molar-refractivity contribution in [3.8, 4) is 5.75 Å². The fourth-order valence-corrected chi connectivity index (χ4v) is 2.52. The highest BCUT2D eigenvalue weighted by molar-refractivity contribution is 5.95. The highest BCUT2D eigenvalue weighted by Gasteiger charge is 2.33. The SMILES string of the molecule is CCOCCOC(=O)C1=C(C)NC(=O)N[C@@H]1c1ccccc1OC. The van der Waals surface area contributed by atoms with Gasteiger partial charge in [-0.05, 0) is 19.9 Å². The van der Waals surface area contributed by atoms with Crippen molar-refractivity contribution < 1.29 is 23.8 Å². The molecule has 7 nitrogen and oxygen atoms in total. The fourth-order valence-electron chi connectivity index (χ4n) is 2.52. The van der Waals surface area contributed by atoms with Crippen molar-refractivity contribution in [1.82, 2.24) is 10.6 Å². The van der Waals surface area contributed by atoms with Crippen LogP contribution in [0.15, 0.2) is 35.5 Å². The van der Waals surface area contributed by atoms with Gasteiger partial charge in [-0.3, -0.25) is 0 Å². The molecule has 0 spiro atoms. The maximum Gasteiger partial charge on any atom is 0.338 e. The summed E-state index contributed by atoms with van der Waals surface area (Å²) in [6.45, 7) is 4.57. The lowest BCUT2D eigenvalue weighted by molar-refractivity contribution is -0.141. The summed E-state index contributed by atoms with van der Waals surface area (Å²) in [5, 5.41) is 5.36. The lowest BCUT2D eigenvalue weighted by atomic mass is 9.95. The Morgan fingerprint density at radius 1 is 1.25 bits per heavy atom. The summed E-state index contributed by atoms with van der Waals surface area (Å²) in [6.07, 6.45) is 0. The van der Waals surface area contributed by atoms with Gasteiger partial charge in [0.15, 0.2) is 0 Å². The molecule has 0 radical (unpaired) electrons. The average molecular weight is 334 g/mol. The Morgan fingerprint density at radius 2 is 2.00 bits per heavy atom. The van der Waals surface area contributed by atoms with Crippen LogP contribution in [0.2, 0.25) is 0 Å². The molecule has 24 heavy (non-hydrogen) atoms. The van der Waals surface area contributed by atoms with Crippen molar-refractivity contribution in [2.24, 2.45) is 0 Å². The number of carbonyl (C=O) groups is 2. The molecule has 1 aromatic carbocycles. The molecule has 7 heteroatoms. The smallest absolute Gasteiger partial charge is 0.338 e. The number of rotatable bonds is 7. The lowest BCUT2D eigenvalue weighted by Crippen LogP contribution is -2.45. The number of esters is 1. The van der Waals surface area contributed by atoms with Crippen LogP contribution >= 0.6 is 0 Å². The molecule has 0 bridgehead atoms. The van der Waals surface area contributed by atoms with Gasteiger partial charge in [-0.15, -0.1) is 0 Å². The maximum absolute atomic E-state index is 12.5. The topological polar surface area (TPSA) is 85.9 Å². The number of nitrogens with one attached hydrogen (secondary N) is 2. The first-order valence-corrected chi connectivity index (χ1v) is 7.74. The Morgan fingerprint density at radius 3 is 2.71 bits per heavy atom. The van der Waals surface area contributed by atoms with Crippen LogP contribution < -0.4 is 15.4 Å². The maximum atomic E-state index is 12.5. The summed E-state index contributed by atoms with van der Waals surface area (Å²) >= 11 is 0. The molecule has 1 atom stereocenters. The molecule has 2 rings (SSSR count). The third kappa shape index (κ3) is 4.05. The normalized spacial score (nSPS) is 17.1. The first kappa shape index (κ1) is 17.8. The zero-order valence-corrected chi connectivity index (χ0v) is 14.0. The summed E-state index contributed by atoms with van der Waals surface area (Å²) in [7, 11) is 1.54. The molecule has 1 aromatic rings. The van der Waals surface area contributed by atoms with E-state index < -0.39 is 12.0 Å². The van der Waals surface area contributed by atoms with E-state index in [9.17, 15) is 9.59 Å². The van der Waals surface area contributed by atoms with Gasteiger partial charge in [0.05, 0.1) is 25.3 Å². The molecule has 1 aliphatic rings. The number of amides is 2. The summed E-state index contributed by atoms with van der Waals surface area (Å²) in [5.41, 5.74) is 1.48.